The van der Waals surface area contributed by atoms with Gasteiger partial charge >= 0.3 is 0 Å². The summed E-state index contributed by atoms with van der Waals surface area (Å²) in [6, 6.07) is 12.8. The third kappa shape index (κ3) is 5.71. The number of ketones is 1. The molecule has 2 aromatic carbocycles. The van der Waals surface area contributed by atoms with Crippen LogP contribution in [0.3, 0.4) is 0 Å². The van der Waals surface area contributed by atoms with Crippen LogP contribution in [0.15, 0.2) is 42.5 Å². The Morgan fingerprint density at radius 1 is 1.03 bits per heavy atom. The molecule has 1 aliphatic heterocycles. The molecule has 0 spiro atoms. The first-order valence-corrected chi connectivity index (χ1v) is 9.90. The number of hydrogen-bond donors (Lipinski definition) is 0. The average molecular weight is 417 g/mol. The van der Waals surface area contributed by atoms with Crippen molar-refractivity contribution in [2.45, 2.75) is 13.5 Å². The second kappa shape index (κ2) is 9.76. The maximum absolute atomic E-state index is 12.5. The summed E-state index contributed by atoms with van der Waals surface area (Å²) in [5.74, 6) is 0.752. The Hall–Kier alpha value is -2.57. The molecule has 1 fully saturated rings. The van der Waals surface area contributed by atoms with Crippen LogP contribution in [-0.2, 0) is 11.3 Å². The Kier molecular flexibility index (Phi) is 7.12. The highest BCUT2D eigenvalue weighted by Crippen LogP contribution is 2.24. The molecule has 29 heavy (non-hydrogen) atoms. The summed E-state index contributed by atoms with van der Waals surface area (Å²) in [6.45, 7) is 5.11. The summed E-state index contributed by atoms with van der Waals surface area (Å²) in [5.41, 5.74) is 1.61. The van der Waals surface area contributed by atoms with Gasteiger partial charge in [0.15, 0.2) is 12.4 Å². The van der Waals surface area contributed by atoms with Gasteiger partial charge in [-0.05, 0) is 42.8 Å². The van der Waals surface area contributed by atoms with E-state index >= 15 is 0 Å². The Morgan fingerprint density at radius 3 is 2.34 bits per heavy atom. The molecule has 1 heterocycles. The van der Waals surface area contributed by atoms with Gasteiger partial charge in [-0.3, -0.25) is 14.5 Å². The molecule has 3 rings (SSSR count). The van der Waals surface area contributed by atoms with Gasteiger partial charge in [0.1, 0.15) is 11.5 Å². The molecule has 1 aliphatic rings. The van der Waals surface area contributed by atoms with Gasteiger partial charge in [0, 0.05) is 37.7 Å². The quantitative estimate of drug-likeness (QED) is 0.648. The van der Waals surface area contributed by atoms with Crippen molar-refractivity contribution < 1.29 is 19.1 Å². The van der Waals surface area contributed by atoms with Crippen LogP contribution in [0.1, 0.15) is 22.8 Å². The maximum Gasteiger partial charge on any atom is 0.260 e. The molecule has 2 aromatic rings. The van der Waals surface area contributed by atoms with Gasteiger partial charge in [-0.2, -0.15) is 0 Å². The minimum Gasteiger partial charge on any atom is -0.497 e. The van der Waals surface area contributed by atoms with E-state index in [1.165, 1.54) is 19.6 Å². The number of amides is 1. The van der Waals surface area contributed by atoms with E-state index in [0.717, 1.165) is 24.7 Å². The number of hydrogen-bond acceptors (Lipinski definition) is 5. The molecule has 1 saturated heterocycles. The fourth-order valence-electron chi connectivity index (χ4n) is 3.27. The van der Waals surface area contributed by atoms with Crippen LogP contribution in [0.5, 0.6) is 11.5 Å². The van der Waals surface area contributed by atoms with Crippen molar-refractivity contribution >= 4 is 23.3 Å². The van der Waals surface area contributed by atoms with Crippen molar-refractivity contribution in [3.63, 3.8) is 0 Å². The lowest BCUT2D eigenvalue weighted by Gasteiger charge is -2.34. The maximum atomic E-state index is 12.5. The van der Waals surface area contributed by atoms with Crippen LogP contribution in [-0.4, -0.2) is 61.4 Å². The molecule has 0 N–H and O–H groups in total. The zero-order valence-corrected chi connectivity index (χ0v) is 17.4. The first-order chi connectivity index (χ1) is 14.0. The zero-order valence-electron chi connectivity index (χ0n) is 16.7. The molecule has 0 unspecified atom stereocenters. The van der Waals surface area contributed by atoms with Gasteiger partial charge in [-0.25, -0.2) is 0 Å². The lowest BCUT2D eigenvalue weighted by atomic mass is 10.1. The van der Waals surface area contributed by atoms with E-state index in [4.69, 9.17) is 21.1 Å². The topological polar surface area (TPSA) is 59.1 Å². The first-order valence-electron chi connectivity index (χ1n) is 9.52. The van der Waals surface area contributed by atoms with Gasteiger partial charge in [-0.1, -0.05) is 23.7 Å². The van der Waals surface area contributed by atoms with Crippen molar-refractivity contribution in [2.24, 2.45) is 0 Å². The zero-order chi connectivity index (χ0) is 20.8. The lowest BCUT2D eigenvalue weighted by molar-refractivity contribution is -0.135. The molecule has 0 atom stereocenters. The number of carbonyl (C=O) groups excluding carboxylic acids is 2. The summed E-state index contributed by atoms with van der Waals surface area (Å²) >= 11 is 5.93. The lowest BCUT2D eigenvalue weighted by Crippen LogP contribution is -2.49. The van der Waals surface area contributed by atoms with Crippen molar-refractivity contribution in [1.82, 2.24) is 9.80 Å². The SMILES string of the molecule is COc1ccc(OCC(=O)N2CCN(Cc3ccc(Cl)cc3)CC2)c(C(C)=O)c1. The van der Waals surface area contributed by atoms with Crippen LogP contribution in [0.2, 0.25) is 5.02 Å². The van der Waals surface area contributed by atoms with Crippen LogP contribution in [0, 0.1) is 0 Å². The molecule has 0 bridgehead atoms. The van der Waals surface area contributed by atoms with Crippen LogP contribution < -0.4 is 9.47 Å². The second-order valence-corrected chi connectivity index (χ2v) is 7.43. The first kappa shape index (κ1) is 21.1. The minimum absolute atomic E-state index is 0.0820. The number of carbonyl (C=O) groups is 2. The minimum atomic E-state index is -0.137. The number of benzene rings is 2. The predicted octanol–water partition coefficient (Wildman–Crippen LogP) is 3.27. The predicted molar refractivity (Wildman–Crippen MR) is 112 cm³/mol. The van der Waals surface area contributed by atoms with E-state index in [1.54, 1.807) is 23.1 Å². The highest BCUT2D eigenvalue weighted by atomic mass is 35.5. The molecule has 1 amide bonds. The molecule has 6 nitrogen and oxygen atoms in total. The summed E-state index contributed by atoms with van der Waals surface area (Å²) in [4.78, 5) is 28.5. The highest BCUT2D eigenvalue weighted by Gasteiger charge is 2.22. The molecule has 7 heteroatoms. The van der Waals surface area contributed by atoms with E-state index in [1.807, 2.05) is 24.3 Å². The Bertz CT molecular complexity index is 862. The standard InChI is InChI=1S/C22H25ClN2O4/c1-16(26)20-13-19(28-2)7-8-21(20)29-15-22(27)25-11-9-24(10-12-25)14-17-3-5-18(23)6-4-17/h3-8,13H,9-12,14-15H2,1-2H3. The number of halogens is 1. The Morgan fingerprint density at radius 2 is 1.72 bits per heavy atom. The van der Waals surface area contributed by atoms with Gasteiger partial charge in [-0.15, -0.1) is 0 Å². The molecule has 0 aliphatic carbocycles. The van der Waals surface area contributed by atoms with Gasteiger partial charge < -0.3 is 14.4 Å². The summed E-state index contributed by atoms with van der Waals surface area (Å²) in [6.07, 6.45) is 0. The number of piperazine rings is 1. The number of methoxy groups -OCH3 is 1. The van der Waals surface area contributed by atoms with Crippen molar-refractivity contribution in [3.05, 3.63) is 58.6 Å². The van der Waals surface area contributed by atoms with Crippen molar-refractivity contribution in [2.75, 3.05) is 39.9 Å². The molecule has 154 valence electrons. The number of nitrogens with zero attached hydrogens (tertiary/aromatic N) is 2. The molecule has 0 saturated carbocycles. The van der Waals surface area contributed by atoms with E-state index in [2.05, 4.69) is 4.90 Å². The monoisotopic (exact) mass is 416 g/mol. The molecule has 0 radical (unpaired) electrons. The van der Waals surface area contributed by atoms with E-state index < -0.39 is 0 Å². The fourth-order valence-corrected chi connectivity index (χ4v) is 3.40. The van der Waals surface area contributed by atoms with Crippen LogP contribution >= 0.6 is 11.6 Å². The van der Waals surface area contributed by atoms with Crippen LogP contribution in [0.4, 0.5) is 0 Å². The summed E-state index contributed by atoms with van der Waals surface area (Å²) < 4.78 is 10.8. The normalized spacial score (nSPS) is 14.5. The van der Waals surface area contributed by atoms with E-state index in [0.29, 0.717) is 30.2 Å². The van der Waals surface area contributed by atoms with Crippen molar-refractivity contribution in [3.8, 4) is 11.5 Å². The number of ether oxygens (including phenoxy) is 2. The Labute approximate surface area is 176 Å². The summed E-state index contributed by atoms with van der Waals surface area (Å²) in [7, 11) is 1.54. The third-order valence-electron chi connectivity index (χ3n) is 4.96. The highest BCUT2D eigenvalue weighted by molar-refractivity contribution is 6.30. The number of Topliss-reactive ketones (excluding diaryl/α,β-unsaturated/α-hetero) is 1. The van der Waals surface area contributed by atoms with Crippen LogP contribution in [0.25, 0.3) is 0 Å². The van der Waals surface area contributed by atoms with Crippen molar-refractivity contribution in [1.29, 1.82) is 0 Å². The van der Waals surface area contributed by atoms with Gasteiger partial charge in [0.25, 0.3) is 5.91 Å². The average Bonchev–Trinajstić information content (AvgIpc) is 2.74. The number of rotatable bonds is 7. The van der Waals surface area contributed by atoms with E-state index in [9.17, 15) is 9.59 Å². The fraction of sp³-hybridized carbons (Fsp3) is 0.364. The second-order valence-electron chi connectivity index (χ2n) is 6.99. The third-order valence-corrected chi connectivity index (χ3v) is 5.21. The Balaban J connectivity index is 1.50. The van der Waals surface area contributed by atoms with Gasteiger partial charge in [0.05, 0.1) is 12.7 Å². The smallest absolute Gasteiger partial charge is 0.260 e. The molecular formula is C22H25ClN2O4. The largest absolute Gasteiger partial charge is 0.497 e. The molecular weight excluding hydrogens is 392 g/mol. The van der Waals surface area contributed by atoms with E-state index in [-0.39, 0.29) is 18.3 Å². The summed E-state index contributed by atoms with van der Waals surface area (Å²) in [5, 5.41) is 0.731. The molecule has 0 aromatic heterocycles. The van der Waals surface area contributed by atoms with Gasteiger partial charge in [0.2, 0.25) is 0 Å².